The van der Waals surface area contributed by atoms with E-state index in [9.17, 15) is 9.18 Å². The second-order valence-corrected chi connectivity index (χ2v) is 4.73. The van der Waals surface area contributed by atoms with Crippen molar-refractivity contribution in [3.05, 3.63) is 45.1 Å². The monoisotopic (exact) mass is 271 g/mol. The molecule has 0 atom stereocenters. The molecule has 7 heteroatoms. The van der Waals surface area contributed by atoms with Gasteiger partial charge < -0.3 is 5.32 Å². The summed E-state index contributed by atoms with van der Waals surface area (Å²) in [7, 11) is 0. The predicted octanol–water partition coefficient (Wildman–Crippen LogP) is 2.26. The molecule has 2 aromatic rings. The lowest BCUT2D eigenvalue weighted by molar-refractivity contribution is 0.0949. The van der Waals surface area contributed by atoms with E-state index >= 15 is 0 Å². The van der Waals surface area contributed by atoms with Crippen LogP contribution < -0.4 is 5.32 Å². The molecule has 0 unspecified atom stereocenters. The average Bonchev–Trinajstić information content (AvgIpc) is 2.73. The molecule has 1 amide bonds. The third-order valence-corrected chi connectivity index (χ3v) is 2.95. The third kappa shape index (κ3) is 3.21. The molecule has 1 aromatic heterocycles. The van der Waals surface area contributed by atoms with E-state index in [1.54, 1.807) is 12.1 Å². The lowest BCUT2D eigenvalue weighted by Crippen LogP contribution is -2.22. The standard InChI is InChI=1S/C10H7ClFN3OS/c11-10-15-14-9(17-10)8(16)13-5-6-2-1-3-7(12)4-6/h1-4H,5H2,(H,13,16). The van der Waals surface area contributed by atoms with Gasteiger partial charge in [-0.05, 0) is 29.3 Å². The fraction of sp³-hybridized carbons (Fsp3) is 0.100. The van der Waals surface area contributed by atoms with E-state index in [4.69, 9.17) is 11.6 Å². The number of halogens is 2. The first-order valence-corrected chi connectivity index (χ1v) is 5.86. The minimum Gasteiger partial charge on any atom is -0.346 e. The Balaban J connectivity index is 1.97. The van der Waals surface area contributed by atoms with Gasteiger partial charge in [0.25, 0.3) is 5.91 Å². The summed E-state index contributed by atoms with van der Waals surface area (Å²) in [5, 5.41) is 9.90. The highest BCUT2D eigenvalue weighted by Gasteiger charge is 2.11. The molecule has 0 aliphatic rings. The van der Waals surface area contributed by atoms with Gasteiger partial charge in [-0.2, -0.15) is 0 Å². The molecule has 0 radical (unpaired) electrons. The first kappa shape index (κ1) is 11.9. The summed E-state index contributed by atoms with van der Waals surface area (Å²) in [5.41, 5.74) is 0.675. The van der Waals surface area contributed by atoms with Crippen LogP contribution in [0.15, 0.2) is 24.3 Å². The molecule has 0 bridgehead atoms. The highest BCUT2D eigenvalue weighted by atomic mass is 35.5. The van der Waals surface area contributed by atoms with Crippen LogP contribution in [0.2, 0.25) is 4.47 Å². The van der Waals surface area contributed by atoms with E-state index in [0.29, 0.717) is 5.56 Å². The van der Waals surface area contributed by atoms with Gasteiger partial charge in [0, 0.05) is 6.54 Å². The second kappa shape index (κ2) is 5.20. The maximum absolute atomic E-state index is 12.9. The number of rotatable bonds is 3. The fourth-order valence-electron chi connectivity index (χ4n) is 1.20. The van der Waals surface area contributed by atoms with Crippen molar-refractivity contribution in [2.24, 2.45) is 0 Å². The number of carbonyl (C=O) groups is 1. The van der Waals surface area contributed by atoms with Crippen LogP contribution in [0.3, 0.4) is 0 Å². The van der Waals surface area contributed by atoms with Crippen molar-refractivity contribution in [1.82, 2.24) is 15.5 Å². The van der Waals surface area contributed by atoms with E-state index in [-0.39, 0.29) is 27.7 Å². The number of hydrogen-bond acceptors (Lipinski definition) is 4. The highest BCUT2D eigenvalue weighted by Crippen LogP contribution is 2.14. The van der Waals surface area contributed by atoms with Crippen molar-refractivity contribution in [1.29, 1.82) is 0 Å². The Bertz CT molecular complexity index is 546. The second-order valence-electron chi connectivity index (χ2n) is 3.17. The van der Waals surface area contributed by atoms with Crippen LogP contribution >= 0.6 is 22.9 Å². The van der Waals surface area contributed by atoms with Crippen LogP contribution in [-0.2, 0) is 6.54 Å². The molecule has 1 aromatic carbocycles. The van der Waals surface area contributed by atoms with Gasteiger partial charge in [-0.25, -0.2) is 4.39 Å². The summed E-state index contributed by atoms with van der Waals surface area (Å²) in [4.78, 5) is 11.6. The summed E-state index contributed by atoms with van der Waals surface area (Å²) >= 11 is 6.55. The molecular weight excluding hydrogens is 265 g/mol. The van der Waals surface area contributed by atoms with Crippen molar-refractivity contribution < 1.29 is 9.18 Å². The SMILES string of the molecule is O=C(NCc1cccc(F)c1)c1nnc(Cl)s1. The van der Waals surface area contributed by atoms with Crippen molar-refractivity contribution in [3.63, 3.8) is 0 Å². The van der Waals surface area contributed by atoms with Gasteiger partial charge in [-0.3, -0.25) is 4.79 Å². The quantitative estimate of drug-likeness (QED) is 0.932. The van der Waals surface area contributed by atoms with Crippen molar-refractivity contribution >= 4 is 28.8 Å². The molecule has 0 aliphatic heterocycles. The van der Waals surface area contributed by atoms with Crippen LogP contribution in [0, 0.1) is 5.82 Å². The molecule has 0 fully saturated rings. The zero-order chi connectivity index (χ0) is 12.3. The Morgan fingerprint density at radius 1 is 1.47 bits per heavy atom. The van der Waals surface area contributed by atoms with Gasteiger partial charge in [-0.15, -0.1) is 10.2 Å². The number of nitrogens with one attached hydrogen (secondary N) is 1. The van der Waals surface area contributed by atoms with Gasteiger partial charge in [0.2, 0.25) is 9.47 Å². The van der Waals surface area contributed by atoms with Gasteiger partial charge in [-0.1, -0.05) is 23.5 Å². The van der Waals surface area contributed by atoms with E-state index in [1.807, 2.05) is 0 Å². The van der Waals surface area contributed by atoms with Gasteiger partial charge in [0.15, 0.2) is 0 Å². The van der Waals surface area contributed by atoms with Crippen molar-refractivity contribution in [2.45, 2.75) is 6.54 Å². The molecular formula is C10H7ClFN3OS. The first-order chi connectivity index (χ1) is 8.15. The number of carbonyl (C=O) groups excluding carboxylic acids is 1. The van der Waals surface area contributed by atoms with Gasteiger partial charge in [0.05, 0.1) is 0 Å². The maximum atomic E-state index is 12.9. The van der Waals surface area contributed by atoms with E-state index in [0.717, 1.165) is 11.3 Å². The molecule has 1 N–H and O–H groups in total. The molecule has 0 saturated carbocycles. The summed E-state index contributed by atoms with van der Waals surface area (Å²) in [6.45, 7) is 0.230. The number of aromatic nitrogens is 2. The van der Waals surface area contributed by atoms with E-state index in [2.05, 4.69) is 15.5 Å². The molecule has 0 saturated heterocycles. The van der Waals surface area contributed by atoms with Gasteiger partial charge in [0.1, 0.15) is 5.82 Å². The van der Waals surface area contributed by atoms with Crippen LogP contribution in [0.1, 0.15) is 15.4 Å². The normalized spacial score (nSPS) is 10.2. The molecule has 0 aliphatic carbocycles. The summed E-state index contributed by atoms with van der Waals surface area (Å²) in [5.74, 6) is -0.714. The Morgan fingerprint density at radius 3 is 2.94 bits per heavy atom. The summed E-state index contributed by atoms with van der Waals surface area (Å²) < 4.78 is 13.1. The lowest BCUT2D eigenvalue weighted by atomic mass is 10.2. The van der Waals surface area contributed by atoms with Crippen LogP contribution in [0.4, 0.5) is 4.39 Å². The Hall–Kier alpha value is -1.53. The topological polar surface area (TPSA) is 54.9 Å². The molecule has 88 valence electrons. The zero-order valence-electron chi connectivity index (χ0n) is 8.48. The highest BCUT2D eigenvalue weighted by molar-refractivity contribution is 7.17. The summed E-state index contributed by atoms with van der Waals surface area (Å²) in [6, 6.07) is 6.00. The minimum absolute atomic E-state index is 0.186. The molecule has 0 spiro atoms. The Kier molecular flexibility index (Phi) is 3.65. The van der Waals surface area contributed by atoms with E-state index in [1.165, 1.54) is 12.1 Å². The van der Waals surface area contributed by atoms with Crippen molar-refractivity contribution in [2.75, 3.05) is 0 Å². The maximum Gasteiger partial charge on any atom is 0.282 e. The average molecular weight is 272 g/mol. The Morgan fingerprint density at radius 2 is 2.29 bits per heavy atom. The van der Waals surface area contributed by atoms with Crippen LogP contribution in [-0.4, -0.2) is 16.1 Å². The molecule has 4 nitrogen and oxygen atoms in total. The Labute approximate surface area is 105 Å². The van der Waals surface area contributed by atoms with E-state index < -0.39 is 0 Å². The number of benzene rings is 1. The van der Waals surface area contributed by atoms with Crippen LogP contribution in [0.5, 0.6) is 0 Å². The molecule has 2 rings (SSSR count). The third-order valence-electron chi connectivity index (χ3n) is 1.94. The fourth-order valence-corrected chi connectivity index (χ4v) is 1.95. The molecule has 17 heavy (non-hydrogen) atoms. The van der Waals surface area contributed by atoms with Crippen molar-refractivity contribution in [3.8, 4) is 0 Å². The molecule has 1 heterocycles. The minimum atomic E-state index is -0.376. The predicted molar refractivity (Wildman–Crippen MR) is 62.5 cm³/mol. The van der Waals surface area contributed by atoms with Gasteiger partial charge >= 0.3 is 0 Å². The number of amides is 1. The summed E-state index contributed by atoms with van der Waals surface area (Å²) in [6.07, 6.45) is 0. The smallest absolute Gasteiger partial charge is 0.282 e. The number of hydrogen-bond donors (Lipinski definition) is 1. The first-order valence-electron chi connectivity index (χ1n) is 4.67. The number of nitrogens with zero attached hydrogens (tertiary/aromatic N) is 2. The van der Waals surface area contributed by atoms with Crippen LogP contribution in [0.25, 0.3) is 0 Å². The lowest BCUT2D eigenvalue weighted by Gasteiger charge is -2.02. The zero-order valence-corrected chi connectivity index (χ0v) is 10.1. The largest absolute Gasteiger partial charge is 0.346 e.